The van der Waals surface area contributed by atoms with Gasteiger partial charge in [0.25, 0.3) is 0 Å². The van der Waals surface area contributed by atoms with Crippen LogP contribution >= 0.6 is 11.3 Å². The first-order valence-corrected chi connectivity index (χ1v) is 7.44. The number of pyridine rings is 1. The maximum Gasteiger partial charge on any atom is 0.168 e. The summed E-state index contributed by atoms with van der Waals surface area (Å²) in [7, 11) is 0. The van der Waals surface area contributed by atoms with Gasteiger partial charge in [-0.25, -0.2) is 13.8 Å². The third-order valence-electron chi connectivity index (χ3n) is 2.87. The summed E-state index contributed by atoms with van der Waals surface area (Å²) in [5.41, 5.74) is 1.04. The van der Waals surface area contributed by atoms with Gasteiger partial charge in [0.1, 0.15) is 0 Å². The molecule has 1 unspecified atom stereocenters. The molecule has 0 saturated heterocycles. The number of rotatable bonds is 6. The van der Waals surface area contributed by atoms with Gasteiger partial charge in [-0.05, 0) is 35.7 Å². The first-order chi connectivity index (χ1) is 9.61. The number of nitrogens with one attached hydrogen (secondary N) is 2. The summed E-state index contributed by atoms with van der Waals surface area (Å²) >= 11 is 1.57. The summed E-state index contributed by atoms with van der Waals surface area (Å²) in [5.74, 6) is -1.23. The van der Waals surface area contributed by atoms with E-state index >= 15 is 0 Å². The highest BCUT2D eigenvalue weighted by atomic mass is 32.1. The van der Waals surface area contributed by atoms with Crippen molar-refractivity contribution in [3.05, 3.63) is 40.1 Å². The number of halogens is 2. The summed E-state index contributed by atoms with van der Waals surface area (Å²) in [6.45, 7) is 4.47. The Labute approximate surface area is 121 Å². The molecule has 0 radical (unpaired) electrons. The van der Waals surface area contributed by atoms with Crippen LogP contribution in [-0.2, 0) is 0 Å². The minimum Gasteiger partial charge on any atom is -0.368 e. The number of hydrogen-bond donors (Lipinski definition) is 2. The second-order valence-electron chi connectivity index (χ2n) is 4.50. The van der Waals surface area contributed by atoms with Crippen LogP contribution in [0.1, 0.15) is 31.9 Å². The molecule has 6 heteroatoms. The molecule has 0 amide bonds. The Morgan fingerprint density at radius 2 is 2.05 bits per heavy atom. The van der Waals surface area contributed by atoms with Gasteiger partial charge in [-0.15, -0.1) is 0 Å². The summed E-state index contributed by atoms with van der Waals surface area (Å²) in [6.07, 6.45) is 0.840. The molecule has 2 heterocycles. The lowest BCUT2D eigenvalue weighted by Gasteiger charge is -2.15. The Morgan fingerprint density at radius 3 is 2.70 bits per heavy atom. The molecule has 0 aliphatic heterocycles. The fourth-order valence-corrected chi connectivity index (χ4v) is 2.50. The van der Waals surface area contributed by atoms with Crippen molar-refractivity contribution in [2.24, 2.45) is 0 Å². The summed E-state index contributed by atoms with van der Waals surface area (Å²) < 4.78 is 27.3. The average Bonchev–Trinajstić information content (AvgIpc) is 2.94. The molecule has 3 nitrogen and oxygen atoms in total. The van der Waals surface area contributed by atoms with Crippen LogP contribution in [0.2, 0.25) is 0 Å². The zero-order valence-electron chi connectivity index (χ0n) is 11.4. The number of aromatic nitrogens is 1. The molecular formula is C14H17F2N3S. The van der Waals surface area contributed by atoms with Crippen molar-refractivity contribution < 1.29 is 8.78 Å². The Morgan fingerprint density at radius 1 is 1.30 bits per heavy atom. The minimum atomic E-state index is -0.688. The molecule has 2 rings (SSSR count). The van der Waals surface area contributed by atoms with Gasteiger partial charge in [0.15, 0.2) is 23.3 Å². The predicted molar refractivity (Wildman–Crippen MR) is 79.3 cm³/mol. The van der Waals surface area contributed by atoms with E-state index in [9.17, 15) is 8.78 Å². The van der Waals surface area contributed by atoms with E-state index < -0.39 is 11.6 Å². The van der Waals surface area contributed by atoms with Crippen molar-refractivity contribution in [3.63, 3.8) is 0 Å². The maximum atomic E-state index is 13.8. The molecule has 2 N–H and O–H groups in total. The summed E-state index contributed by atoms with van der Waals surface area (Å²) in [6, 6.07) is 2.72. The molecule has 108 valence electrons. The van der Waals surface area contributed by atoms with Crippen molar-refractivity contribution >= 4 is 23.0 Å². The van der Waals surface area contributed by atoms with Crippen LogP contribution < -0.4 is 10.6 Å². The van der Waals surface area contributed by atoms with Crippen molar-refractivity contribution in [1.82, 2.24) is 4.98 Å². The maximum absolute atomic E-state index is 13.8. The minimum absolute atomic E-state index is 0.0590. The highest BCUT2D eigenvalue weighted by Gasteiger charge is 2.14. The van der Waals surface area contributed by atoms with E-state index in [-0.39, 0.29) is 17.7 Å². The first-order valence-electron chi connectivity index (χ1n) is 6.50. The lowest BCUT2D eigenvalue weighted by molar-refractivity contribution is 0.576. The molecule has 0 saturated carbocycles. The van der Waals surface area contributed by atoms with E-state index in [1.165, 1.54) is 0 Å². The molecular weight excluding hydrogens is 280 g/mol. The second-order valence-corrected chi connectivity index (χ2v) is 5.28. The van der Waals surface area contributed by atoms with E-state index in [2.05, 4.69) is 15.6 Å². The van der Waals surface area contributed by atoms with Gasteiger partial charge >= 0.3 is 0 Å². The van der Waals surface area contributed by atoms with E-state index in [1.807, 2.05) is 30.7 Å². The molecule has 2 aromatic heterocycles. The van der Waals surface area contributed by atoms with Crippen molar-refractivity contribution in [3.8, 4) is 0 Å². The normalized spacial score (nSPS) is 12.2. The Balaban J connectivity index is 2.18. The largest absolute Gasteiger partial charge is 0.368 e. The molecule has 1 atom stereocenters. The Bertz CT molecular complexity index is 558. The van der Waals surface area contributed by atoms with Crippen LogP contribution in [0.4, 0.5) is 20.4 Å². The van der Waals surface area contributed by atoms with Gasteiger partial charge in [-0.1, -0.05) is 6.92 Å². The average molecular weight is 297 g/mol. The monoisotopic (exact) mass is 297 g/mol. The smallest absolute Gasteiger partial charge is 0.168 e. The van der Waals surface area contributed by atoms with E-state index in [0.717, 1.165) is 18.1 Å². The van der Waals surface area contributed by atoms with Crippen LogP contribution in [0.25, 0.3) is 0 Å². The lowest BCUT2D eigenvalue weighted by Crippen LogP contribution is -2.12. The van der Waals surface area contributed by atoms with Crippen LogP contribution in [0, 0.1) is 11.6 Å². The van der Waals surface area contributed by atoms with Crippen LogP contribution in [0.3, 0.4) is 0 Å². The fraction of sp³-hybridized carbons (Fsp3) is 0.357. The topological polar surface area (TPSA) is 37.0 Å². The summed E-state index contributed by atoms with van der Waals surface area (Å²) in [5, 5.41) is 9.75. The number of anilines is 2. The second kappa shape index (κ2) is 6.65. The van der Waals surface area contributed by atoms with Crippen LogP contribution in [-0.4, -0.2) is 11.5 Å². The Kier molecular flexibility index (Phi) is 4.89. The van der Waals surface area contributed by atoms with Crippen molar-refractivity contribution in [2.45, 2.75) is 26.3 Å². The lowest BCUT2D eigenvalue weighted by atomic mass is 10.2. The van der Waals surface area contributed by atoms with Crippen molar-refractivity contribution in [1.29, 1.82) is 0 Å². The quantitative estimate of drug-likeness (QED) is 0.829. The Hall–Kier alpha value is -1.69. The van der Waals surface area contributed by atoms with Crippen molar-refractivity contribution in [2.75, 3.05) is 17.2 Å². The summed E-state index contributed by atoms with van der Waals surface area (Å²) in [4.78, 5) is 3.99. The van der Waals surface area contributed by atoms with Gasteiger partial charge in [0, 0.05) is 12.6 Å². The number of thiophene rings is 1. The first kappa shape index (κ1) is 14.7. The molecule has 0 aliphatic rings. The highest BCUT2D eigenvalue weighted by molar-refractivity contribution is 7.07. The van der Waals surface area contributed by atoms with Gasteiger partial charge in [0.05, 0.1) is 6.04 Å². The molecule has 20 heavy (non-hydrogen) atoms. The molecule has 2 aromatic rings. The fourth-order valence-electron chi connectivity index (χ4n) is 1.74. The van der Waals surface area contributed by atoms with Gasteiger partial charge < -0.3 is 10.6 Å². The third kappa shape index (κ3) is 3.45. The highest BCUT2D eigenvalue weighted by Crippen LogP contribution is 2.24. The molecule has 0 aromatic carbocycles. The standard InChI is InChI=1S/C14H17F2N3S/c1-3-5-17-13-11(15)7-12(16)14(19-13)18-9(2)10-4-6-20-8-10/h4,6-9H,3,5H2,1-2H3,(H2,17,18,19). The molecule has 0 bridgehead atoms. The number of hydrogen-bond acceptors (Lipinski definition) is 4. The zero-order valence-corrected chi connectivity index (χ0v) is 12.2. The van der Waals surface area contributed by atoms with Gasteiger partial charge in [0.2, 0.25) is 0 Å². The zero-order chi connectivity index (χ0) is 14.5. The van der Waals surface area contributed by atoms with Gasteiger partial charge in [-0.3, -0.25) is 0 Å². The van der Waals surface area contributed by atoms with E-state index in [1.54, 1.807) is 11.3 Å². The molecule has 0 spiro atoms. The predicted octanol–water partition coefficient (Wildman–Crippen LogP) is 4.42. The number of nitrogens with zero attached hydrogens (tertiary/aromatic N) is 1. The van der Waals surface area contributed by atoms with Gasteiger partial charge in [-0.2, -0.15) is 11.3 Å². The van der Waals surface area contributed by atoms with Crippen LogP contribution in [0.15, 0.2) is 22.9 Å². The third-order valence-corrected chi connectivity index (χ3v) is 3.57. The SMILES string of the molecule is CCCNc1nc(NC(C)c2ccsc2)c(F)cc1F. The molecule has 0 fully saturated rings. The van der Waals surface area contributed by atoms with E-state index in [4.69, 9.17) is 0 Å². The molecule has 0 aliphatic carbocycles. The van der Waals surface area contributed by atoms with E-state index in [0.29, 0.717) is 6.54 Å². The van der Waals surface area contributed by atoms with Crippen LogP contribution in [0.5, 0.6) is 0 Å².